The fourth-order valence-corrected chi connectivity index (χ4v) is 5.27. The zero-order valence-corrected chi connectivity index (χ0v) is 24.9. The van der Waals surface area contributed by atoms with E-state index in [1.807, 2.05) is 48.9 Å². The number of amides is 3. The number of carbonyl (C=O) groups is 3. The van der Waals surface area contributed by atoms with Gasteiger partial charge in [-0.2, -0.15) is 0 Å². The highest BCUT2D eigenvalue weighted by Gasteiger charge is 2.27. The Morgan fingerprint density at radius 3 is 2.81 bits per heavy atom. The van der Waals surface area contributed by atoms with E-state index in [9.17, 15) is 14.4 Å². The van der Waals surface area contributed by atoms with Gasteiger partial charge in [0.15, 0.2) is 0 Å². The van der Waals surface area contributed by atoms with Crippen molar-refractivity contribution in [1.82, 2.24) is 35.2 Å². The van der Waals surface area contributed by atoms with Crippen molar-refractivity contribution in [1.29, 1.82) is 0 Å². The van der Waals surface area contributed by atoms with Gasteiger partial charge in [0.1, 0.15) is 17.6 Å². The van der Waals surface area contributed by atoms with Gasteiger partial charge in [0.2, 0.25) is 11.8 Å². The van der Waals surface area contributed by atoms with Crippen LogP contribution in [0.15, 0.2) is 47.2 Å². The molecule has 0 fully saturated rings. The van der Waals surface area contributed by atoms with Gasteiger partial charge in [-0.25, -0.2) is 9.97 Å². The summed E-state index contributed by atoms with van der Waals surface area (Å²) < 4.78 is 13.3. The van der Waals surface area contributed by atoms with Crippen molar-refractivity contribution < 1.29 is 23.6 Å². The second-order valence-electron chi connectivity index (χ2n) is 11.2. The third kappa shape index (κ3) is 7.02. The summed E-state index contributed by atoms with van der Waals surface area (Å²) in [7, 11) is 0. The number of aromatic nitrogens is 4. The molecule has 0 radical (unpaired) electrons. The predicted molar refractivity (Wildman–Crippen MR) is 159 cm³/mol. The number of pyridine rings is 1. The van der Waals surface area contributed by atoms with Crippen molar-refractivity contribution in [2.24, 2.45) is 5.92 Å². The number of benzene rings is 1. The highest BCUT2D eigenvalue weighted by atomic mass is 16.5. The number of nitrogens with one attached hydrogen (secondary N) is 2. The van der Waals surface area contributed by atoms with Crippen molar-refractivity contribution in [3.05, 3.63) is 59.7 Å². The first-order chi connectivity index (χ1) is 20.7. The van der Waals surface area contributed by atoms with E-state index in [0.717, 1.165) is 11.4 Å². The van der Waals surface area contributed by atoms with Gasteiger partial charge in [0, 0.05) is 43.3 Å². The lowest BCUT2D eigenvalue weighted by molar-refractivity contribution is -0.129. The second kappa shape index (κ2) is 13.1. The van der Waals surface area contributed by atoms with Gasteiger partial charge in [0.25, 0.3) is 11.6 Å². The Morgan fingerprint density at radius 1 is 1.16 bits per heavy atom. The van der Waals surface area contributed by atoms with E-state index >= 15 is 0 Å². The molecule has 1 aliphatic rings. The number of imidazole rings is 1. The molecular formula is C31H37N7O5. The van der Waals surface area contributed by atoms with Gasteiger partial charge in [0.05, 0.1) is 29.8 Å². The van der Waals surface area contributed by atoms with E-state index in [0.29, 0.717) is 60.6 Å². The van der Waals surface area contributed by atoms with Crippen LogP contribution >= 0.6 is 0 Å². The fourth-order valence-electron chi connectivity index (χ4n) is 5.27. The number of fused-ring (bicyclic) bond motifs is 5. The van der Waals surface area contributed by atoms with Crippen molar-refractivity contribution in [2.45, 2.75) is 53.1 Å². The molecule has 1 aromatic carbocycles. The maximum absolute atomic E-state index is 14.0. The minimum Gasteiger partial charge on any atom is -0.494 e. The monoisotopic (exact) mass is 587 g/mol. The Bertz CT molecular complexity index is 1630. The molecule has 0 saturated heterocycles. The summed E-state index contributed by atoms with van der Waals surface area (Å²) >= 11 is 0. The van der Waals surface area contributed by atoms with Crippen LogP contribution in [0.5, 0.6) is 5.75 Å². The lowest BCUT2D eigenvalue weighted by atomic mass is 10.0. The molecule has 0 unspecified atom stereocenters. The number of carbonyl (C=O) groups excluding carboxylic acids is 3. The van der Waals surface area contributed by atoms with Crippen LogP contribution in [0.4, 0.5) is 0 Å². The smallest absolute Gasteiger partial charge is 0.258 e. The largest absolute Gasteiger partial charge is 0.494 e. The Labute approximate surface area is 249 Å². The Balaban J connectivity index is 1.45. The number of ether oxygens (including phenoxy) is 1. The summed E-state index contributed by atoms with van der Waals surface area (Å²) in [5.41, 5.74) is 2.64. The molecule has 2 N–H and O–H groups in total. The topological polar surface area (TPSA) is 144 Å². The summed E-state index contributed by atoms with van der Waals surface area (Å²) in [5.74, 6) is 0.522. The summed E-state index contributed by atoms with van der Waals surface area (Å²) in [6.45, 7) is 8.67. The van der Waals surface area contributed by atoms with Gasteiger partial charge in [-0.15, -0.1) is 0 Å². The van der Waals surface area contributed by atoms with Gasteiger partial charge < -0.3 is 29.4 Å². The molecule has 3 amide bonds. The molecule has 2 bridgehead atoms. The zero-order valence-electron chi connectivity index (χ0n) is 24.9. The van der Waals surface area contributed by atoms with Gasteiger partial charge in [-0.1, -0.05) is 31.1 Å². The van der Waals surface area contributed by atoms with E-state index < -0.39 is 11.9 Å². The minimum atomic E-state index is -0.749. The van der Waals surface area contributed by atoms with Gasteiger partial charge in [-0.3, -0.25) is 14.4 Å². The van der Waals surface area contributed by atoms with Crippen molar-refractivity contribution >= 4 is 28.8 Å². The maximum Gasteiger partial charge on any atom is 0.258 e. The first-order valence-electron chi connectivity index (χ1n) is 14.5. The molecule has 1 atom stereocenters. The molecule has 3 aromatic heterocycles. The minimum absolute atomic E-state index is 0.154. The van der Waals surface area contributed by atoms with Crippen LogP contribution in [0, 0.1) is 19.8 Å². The van der Waals surface area contributed by atoms with E-state index in [2.05, 4.69) is 25.8 Å². The normalized spacial score (nSPS) is 17.0. The van der Waals surface area contributed by atoms with Crippen LogP contribution in [0.3, 0.4) is 0 Å². The first kappa shape index (κ1) is 29.7. The quantitative estimate of drug-likeness (QED) is 0.372. The summed E-state index contributed by atoms with van der Waals surface area (Å²) in [6.07, 6.45) is 4.50. The van der Waals surface area contributed by atoms with Crippen molar-refractivity contribution in [2.75, 3.05) is 26.2 Å². The van der Waals surface area contributed by atoms with Crippen LogP contribution in [-0.2, 0) is 16.1 Å². The standard InChI is InChI=1S/C31H37N7O5/c1-19(2)15-25-29(40)33-10-13-37-12-9-32-28(37)22-7-5-8-23(17-22)42-14-6-11-38(18-26(39)35-25)31(41)24-16-20(3)34-30-27(24)21(4)36-43-30/h5,7-9,12,16-17,19,25H,6,10-11,13-15,18H2,1-4H3,(H,33,40)(H,35,39)/t25-/m1/s1. The molecular weight excluding hydrogens is 550 g/mol. The van der Waals surface area contributed by atoms with Gasteiger partial charge >= 0.3 is 0 Å². The van der Waals surface area contributed by atoms with E-state index in [1.165, 1.54) is 4.90 Å². The van der Waals surface area contributed by atoms with Crippen LogP contribution in [0.2, 0.25) is 0 Å². The lowest BCUT2D eigenvalue weighted by Gasteiger charge is -2.25. The van der Waals surface area contributed by atoms with E-state index in [4.69, 9.17) is 9.26 Å². The zero-order chi connectivity index (χ0) is 30.5. The molecule has 12 nitrogen and oxygen atoms in total. The van der Waals surface area contributed by atoms with E-state index in [-0.39, 0.29) is 36.5 Å². The third-order valence-corrected chi connectivity index (χ3v) is 7.26. The molecule has 0 aliphatic carbocycles. The number of aryl methyl sites for hydroxylation is 2. The summed E-state index contributed by atoms with van der Waals surface area (Å²) in [4.78, 5) is 50.9. The number of nitrogens with zero attached hydrogens (tertiary/aromatic N) is 5. The molecule has 4 aromatic rings. The number of rotatable bonds is 3. The molecule has 0 spiro atoms. The average molecular weight is 588 g/mol. The Morgan fingerprint density at radius 2 is 2.00 bits per heavy atom. The predicted octanol–water partition coefficient (Wildman–Crippen LogP) is 3.28. The number of hydrogen-bond donors (Lipinski definition) is 2. The summed E-state index contributed by atoms with van der Waals surface area (Å²) in [6, 6.07) is 8.58. The molecule has 4 heterocycles. The third-order valence-electron chi connectivity index (χ3n) is 7.26. The van der Waals surface area contributed by atoms with Crippen LogP contribution in [0.1, 0.15) is 48.4 Å². The van der Waals surface area contributed by atoms with Crippen LogP contribution in [0.25, 0.3) is 22.5 Å². The molecule has 43 heavy (non-hydrogen) atoms. The van der Waals surface area contributed by atoms with Gasteiger partial charge in [-0.05, 0) is 50.8 Å². The van der Waals surface area contributed by atoms with E-state index in [1.54, 1.807) is 26.1 Å². The highest BCUT2D eigenvalue weighted by molar-refractivity contribution is 6.07. The SMILES string of the molecule is Cc1cc(C(=O)N2CCCOc3cccc(c3)-c3nccn3CCNC(=O)[C@@H](CC(C)C)NC(=O)C2)c2c(C)noc2n1. The highest BCUT2D eigenvalue weighted by Crippen LogP contribution is 2.25. The Hall–Kier alpha value is -4.74. The van der Waals surface area contributed by atoms with Crippen molar-refractivity contribution in [3.8, 4) is 17.1 Å². The number of hydrogen-bond acceptors (Lipinski definition) is 8. The molecule has 5 rings (SSSR count). The van der Waals surface area contributed by atoms with Crippen LogP contribution < -0.4 is 15.4 Å². The summed E-state index contributed by atoms with van der Waals surface area (Å²) in [5, 5.41) is 10.3. The fraction of sp³-hybridized carbons (Fsp3) is 0.419. The maximum atomic E-state index is 14.0. The Kier molecular flexibility index (Phi) is 9.03. The first-order valence-corrected chi connectivity index (χ1v) is 14.5. The molecule has 12 heteroatoms. The lowest BCUT2D eigenvalue weighted by Crippen LogP contribution is -2.51. The molecule has 1 aliphatic heterocycles. The van der Waals surface area contributed by atoms with Crippen LogP contribution in [-0.4, -0.2) is 74.6 Å². The average Bonchev–Trinajstić information content (AvgIpc) is 3.59. The van der Waals surface area contributed by atoms with Crippen molar-refractivity contribution in [3.63, 3.8) is 0 Å². The second-order valence-corrected chi connectivity index (χ2v) is 11.2. The molecule has 226 valence electrons. The molecule has 0 saturated carbocycles.